The Kier molecular flexibility index (Phi) is 3.27. The molecule has 1 aromatic rings. The van der Waals surface area contributed by atoms with Crippen molar-refractivity contribution in [3.8, 4) is 0 Å². The molecule has 1 amide bonds. The van der Waals surface area contributed by atoms with Gasteiger partial charge >= 0.3 is 0 Å². The predicted octanol–water partition coefficient (Wildman–Crippen LogP) is 1.74. The Morgan fingerprint density at radius 3 is 2.95 bits per heavy atom. The van der Waals surface area contributed by atoms with Gasteiger partial charge in [-0.25, -0.2) is 0 Å². The highest BCUT2D eigenvalue weighted by molar-refractivity contribution is 5.83. The lowest BCUT2D eigenvalue weighted by molar-refractivity contribution is -0.141. The average Bonchev–Trinajstić information content (AvgIpc) is 3.08. The van der Waals surface area contributed by atoms with E-state index in [1.165, 1.54) is 5.56 Å². The number of hydrogen-bond donors (Lipinski definition) is 1. The third-order valence-corrected chi connectivity index (χ3v) is 4.49. The lowest BCUT2D eigenvalue weighted by Crippen LogP contribution is -2.43. The molecule has 0 saturated carbocycles. The smallest absolute Gasteiger partial charge is 0.230 e. The second-order valence-electron chi connectivity index (χ2n) is 5.92. The maximum absolute atomic E-state index is 12.8. The number of amides is 1. The van der Waals surface area contributed by atoms with Gasteiger partial charge < -0.3 is 10.2 Å². The molecule has 0 aliphatic carbocycles. The molecule has 1 aromatic heterocycles. The molecule has 2 saturated heterocycles. The van der Waals surface area contributed by atoms with Crippen molar-refractivity contribution in [1.82, 2.24) is 15.2 Å². The largest absolute Gasteiger partial charge is 0.335 e. The van der Waals surface area contributed by atoms with Crippen LogP contribution < -0.4 is 5.32 Å². The van der Waals surface area contributed by atoms with Crippen molar-refractivity contribution in [1.29, 1.82) is 0 Å². The summed E-state index contributed by atoms with van der Waals surface area (Å²) in [6, 6.07) is 4.31. The van der Waals surface area contributed by atoms with Gasteiger partial charge in [0.05, 0.1) is 11.5 Å². The molecule has 2 aliphatic heterocycles. The van der Waals surface area contributed by atoms with Gasteiger partial charge in [-0.15, -0.1) is 0 Å². The van der Waals surface area contributed by atoms with Crippen LogP contribution in [0.1, 0.15) is 37.8 Å². The summed E-state index contributed by atoms with van der Waals surface area (Å²) in [5.74, 6) is 0.316. The molecular formula is C15H21N3O. The van der Waals surface area contributed by atoms with E-state index < -0.39 is 0 Å². The molecule has 2 unspecified atom stereocenters. The number of rotatable bonds is 2. The van der Waals surface area contributed by atoms with Crippen LogP contribution in [0, 0.1) is 5.41 Å². The number of hydrogen-bond acceptors (Lipinski definition) is 3. The summed E-state index contributed by atoms with van der Waals surface area (Å²) in [4.78, 5) is 19.0. The lowest BCUT2D eigenvalue weighted by atomic mass is 9.87. The Hall–Kier alpha value is -1.42. The molecule has 19 heavy (non-hydrogen) atoms. The van der Waals surface area contributed by atoms with Crippen LogP contribution in [0.3, 0.4) is 0 Å². The summed E-state index contributed by atoms with van der Waals surface area (Å²) in [7, 11) is 0. The van der Waals surface area contributed by atoms with Gasteiger partial charge in [0.15, 0.2) is 0 Å². The molecule has 4 heteroatoms. The van der Waals surface area contributed by atoms with Crippen LogP contribution in [0.5, 0.6) is 0 Å². The fourth-order valence-electron chi connectivity index (χ4n) is 3.29. The van der Waals surface area contributed by atoms with E-state index in [2.05, 4.69) is 22.1 Å². The van der Waals surface area contributed by atoms with Gasteiger partial charge in [0.25, 0.3) is 0 Å². The van der Waals surface area contributed by atoms with Gasteiger partial charge in [0.1, 0.15) is 0 Å². The first kappa shape index (κ1) is 12.6. The van der Waals surface area contributed by atoms with Crippen molar-refractivity contribution in [2.45, 2.75) is 32.2 Å². The van der Waals surface area contributed by atoms with Crippen LogP contribution in [-0.4, -0.2) is 35.4 Å². The molecule has 0 aromatic carbocycles. The normalized spacial score (nSPS) is 30.8. The van der Waals surface area contributed by atoms with Crippen molar-refractivity contribution in [2.75, 3.05) is 19.6 Å². The molecule has 3 rings (SSSR count). The van der Waals surface area contributed by atoms with Crippen LogP contribution >= 0.6 is 0 Å². The number of carbonyl (C=O) groups excluding carboxylic acids is 1. The average molecular weight is 259 g/mol. The Labute approximate surface area is 114 Å². The highest BCUT2D eigenvalue weighted by Gasteiger charge is 2.42. The van der Waals surface area contributed by atoms with E-state index in [0.717, 1.165) is 38.9 Å². The predicted molar refractivity (Wildman–Crippen MR) is 73.5 cm³/mol. The maximum Gasteiger partial charge on any atom is 0.230 e. The van der Waals surface area contributed by atoms with E-state index in [0.29, 0.717) is 5.91 Å². The minimum absolute atomic E-state index is 0.213. The van der Waals surface area contributed by atoms with Gasteiger partial charge in [-0.05, 0) is 50.4 Å². The minimum Gasteiger partial charge on any atom is -0.335 e. The summed E-state index contributed by atoms with van der Waals surface area (Å²) in [6.45, 7) is 4.75. The summed E-state index contributed by atoms with van der Waals surface area (Å²) >= 11 is 0. The molecule has 2 aliphatic rings. The Morgan fingerprint density at radius 1 is 1.47 bits per heavy atom. The SMILES string of the molecule is CC1(C(=O)N2CCCC2c2ccncc2)CCNC1. The molecule has 0 bridgehead atoms. The summed E-state index contributed by atoms with van der Waals surface area (Å²) < 4.78 is 0. The number of nitrogens with zero attached hydrogens (tertiary/aromatic N) is 2. The highest BCUT2D eigenvalue weighted by Crippen LogP contribution is 2.37. The number of likely N-dealkylation sites (tertiary alicyclic amines) is 1. The van der Waals surface area contributed by atoms with Crippen LogP contribution in [-0.2, 0) is 4.79 Å². The van der Waals surface area contributed by atoms with Crippen molar-refractivity contribution in [3.63, 3.8) is 0 Å². The number of nitrogens with one attached hydrogen (secondary N) is 1. The molecule has 0 spiro atoms. The first-order valence-electron chi connectivity index (χ1n) is 7.12. The van der Waals surface area contributed by atoms with Crippen LogP contribution in [0.2, 0.25) is 0 Å². The van der Waals surface area contributed by atoms with E-state index in [1.807, 2.05) is 24.5 Å². The van der Waals surface area contributed by atoms with E-state index in [-0.39, 0.29) is 11.5 Å². The molecule has 0 radical (unpaired) electrons. The Morgan fingerprint density at radius 2 is 2.26 bits per heavy atom. The molecule has 4 nitrogen and oxygen atoms in total. The van der Waals surface area contributed by atoms with Gasteiger partial charge in [-0.2, -0.15) is 0 Å². The van der Waals surface area contributed by atoms with E-state index in [1.54, 1.807) is 0 Å². The topological polar surface area (TPSA) is 45.2 Å². The Balaban J connectivity index is 1.82. The number of carbonyl (C=O) groups is 1. The van der Waals surface area contributed by atoms with Gasteiger partial charge in [0, 0.05) is 25.5 Å². The number of pyridine rings is 1. The highest BCUT2D eigenvalue weighted by atomic mass is 16.2. The molecule has 2 fully saturated rings. The van der Waals surface area contributed by atoms with E-state index in [4.69, 9.17) is 0 Å². The van der Waals surface area contributed by atoms with Crippen molar-refractivity contribution in [3.05, 3.63) is 30.1 Å². The number of aromatic nitrogens is 1. The summed E-state index contributed by atoms with van der Waals surface area (Å²) in [5.41, 5.74) is 1.01. The van der Waals surface area contributed by atoms with Crippen LogP contribution in [0.4, 0.5) is 0 Å². The van der Waals surface area contributed by atoms with E-state index >= 15 is 0 Å². The third kappa shape index (κ3) is 2.25. The van der Waals surface area contributed by atoms with Crippen LogP contribution in [0.25, 0.3) is 0 Å². The zero-order valence-corrected chi connectivity index (χ0v) is 11.4. The fourth-order valence-corrected chi connectivity index (χ4v) is 3.29. The molecule has 1 N–H and O–H groups in total. The summed E-state index contributed by atoms with van der Waals surface area (Å²) in [6.07, 6.45) is 6.75. The third-order valence-electron chi connectivity index (χ3n) is 4.49. The Bertz CT molecular complexity index is 454. The quantitative estimate of drug-likeness (QED) is 0.880. The molecule has 102 valence electrons. The maximum atomic E-state index is 12.8. The van der Waals surface area contributed by atoms with Crippen molar-refractivity contribution in [2.24, 2.45) is 5.41 Å². The first-order chi connectivity index (χ1) is 9.21. The van der Waals surface area contributed by atoms with Crippen molar-refractivity contribution < 1.29 is 4.79 Å². The standard InChI is InChI=1S/C15H21N3O/c1-15(6-9-17-11-15)14(19)18-10-2-3-13(18)12-4-7-16-8-5-12/h4-5,7-8,13,17H,2-3,6,9-11H2,1H3. The fraction of sp³-hybridized carbons (Fsp3) is 0.600. The van der Waals surface area contributed by atoms with Gasteiger partial charge in [-0.1, -0.05) is 0 Å². The van der Waals surface area contributed by atoms with Gasteiger partial charge in [-0.3, -0.25) is 9.78 Å². The zero-order chi connectivity index (χ0) is 13.3. The zero-order valence-electron chi connectivity index (χ0n) is 11.4. The molecule has 2 atom stereocenters. The van der Waals surface area contributed by atoms with E-state index in [9.17, 15) is 4.79 Å². The summed E-state index contributed by atoms with van der Waals surface area (Å²) in [5, 5.41) is 3.31. The minimum atomic E-state index is -0.213. The molecule has 3 heterocycles. The van der Waals surface area contributed by atoms with Crippen molar-refractivity contribution >= 4 is 5.91 Å². The van der Waals surface area contributed by atoms with Crippen LogP contribution in [0.15, 0.2) is 24.5 Å². The first-order valence-corrected chi connectivity index (χ1v) is 7.12. The molecular weight excluding hydrogens is 238 g/mol. The second-order valence-corrected chi connectivity index (χ2v) is 5.92. The monoisotopic (exact) mass is 259 g/mol. The lowest BCUT2D eigenvalue weighted by Gasteiger charge is -2.32. The second kappa shape index (κ2) is 4.93. The van der Waals surface area contributed by atoms with Gasteiger partial charge in [0.2, 0.25) is 5.91 Å².